The number of hydrogen-bond acceptors (Lipinski definition) is 5. The normalized spacial score (nSPS) is 21.7. The summed E-state index contributed by atoms with van der Waals surface area (Å²) in [6.07, 6.45) is 3.55. The first-order valence-electron chi connectivity index (χ1n) is 9.15. The minimum Gasteiger partial charge on any atom is -0.497 e. The molecule has 0 aromatic heterocycles. The van der Waals surface area contributed by atoms with E-state index < -0.39 is 5.54 Å². The predicted molar refractivity (Wildman–Crippen MR) is 96.5 cm³/mol. The number of nitrogens with one attached hydrogen (secondary N) is 1. The lowest BCUT2D eigenvalue weighted by atomic mass is 9.90. The van der Waals surface area contributed by atoms with E-state index in [0.29, 0.717) is 32.6 Å². The van der Waals surface area contributed by atoms with Crippen LogP contribution in [0.1, 0.15) is 37.3 Å². The molecule has 1 unspecified atom stereocenters. The number of amides is 1. The highest BCUT2D eigenvalue weighted by atomic mass is 16.5. The van der Waals surface area contributed by atoms with Crippen molar-refractivity contribution >= 4 is 5.91 Å². The van der Waals surface area contributed by atoms with Gasteiger partial charge in [-0.15, -0.1) is 0 Å². The number of hydrogen-bond donors (Lipinski definition) is 2. The van der Waals surface area contributed by atoms with Crippen LogP contribution in [0.5, 0.6) is 5.75 Å². The van der Waals surface area contributed by atoms with Gasteiger partial charge in [-0.25, -0.2) is 0 Å². The van der Waals surface area contributed by atoms with Crippen LogP contribution in [0, 0.1) is 0 Å². The van der Waals surface area contributed by atoms with Gasteiger partial charge in [-0.1, -0.05) is 12.1 Å². The van der Waals surface area contributed by atoms with Gasteiger partial charge in [0.15, 0.2) is 0 Å². The van der Waals surface area contributed by atoms with Crippen LogP contribution in [0.3, 0.4) is 0 Å². The highest BCUT2D eigenvalue weighted by Crippen LogP contribution is 2.27. The second kappa shape index (κ2) is 8.17. The molecule has 0 aliphatic carbocycles. The van der Waals surface area contributed by atoms with E-state index in [1.54, 1.807) is 7.11 Å². The maximum Gasteiger partial charge on any atom is 0.240 e. The van der Waals surface area contributed by atoms with E-state index in [4.69, 9.17) is 15.2 Å². The van der Waals surface area contributed by atoms with Crippen LogP contribution >= 0.6 is 0 Å². The molecule has 2 aliphatic heterocycles. The fraction of sp³-hybridized carbons (Fsp3) is 0.632. The largest absolute Gasteiger partial charge is 0.497 e. The number of nitrogens with zero attached hydrogens (tertiary/aromatic N) is 1. The molecule has 1 aromatic rings. The summed E-state index contributed by atoms with van der Waals surface area (Å²) in [5.74, 6) is 0.774. The molecular weight excluding hydrogens is 318 g/mol. The quantitative estimate of drug-likeness (QED) is 0.815. The first-order valence-corrected chi connectivity index (χ1v) is 9.15. The number of benzene rings is 1. The second-order valence-electron chi connectivity index (χ2n) is 7.01. The van der Waals surface area contributed by atoms with Crippen molar-refractivity contribution in [2.45, 2.75) is 37.3 Å². The summed E-state index contributed by atoms with van der Waals surface area (Å²) in [5.41, 5.74) is 6.66. The summed E-state index contributed by atoms with van der Waals surface area (Å²) in [6.45, 7) is 3.77. The number of carbonyl (C=O) groups is 1. The van der Waals surface area contributed by atoms with Gasteiger partial charge in [0.1, 0.15) is 5.75 Å². The van der Waals surface area contributed by atoms with Crippen LogP contribution in [-0.4, -0.2) is 56.3 Å². The van der Waals surface area contributed by atoms with Gasteiger partial charge in [0.25, 0.3) is 0 Å². The molecule has 25 heavy (non-hydrogen) atoms. The lowest BCUT2D eigenvalue weighted by Gasteiger charge is -2.34. The summed E-state index contributed by atoms with van der Waals surface area (Å²) in [6, 6.07) is 8.25. The van der Waals surface area contributed by atoms with Crippen LogP contribution in [0.15, 0.2) is 24.3 Å². The summed E-state index contributed by atoms with van der Waals surface area (Å²) >= 11 is 0. The van der Waals surface area contributed by atoms with Gasteiger partial charge in [0.2, 0.25) is 5.91 Å². The van der Waals surface area contributed by atoms with Crippen molar-refractivity contribution in [3.05, 3.63) is 29.8 Å². The van der Waals surface area contributed by atoms with Gasteiger partial charge in [-0.05, 0) is 56.5 Å². The minimum atomic E-state index is -0.803. The fourth-order valence-electron chi connectivity index (χ4n) is 3.69. The molecule has 0 saturated carbocycles. The molecule has 0 spiro atoms. The zero-order chi connectivity index (χ0) is 17.7. The molecule has 6 heteroatoms. The Kier molecular flexibility index (Phi) is 5.93. The second-order valence-corrected chi connectivity index (χ2v) is 7.01. The Labute approximate surface area is 149 Å². The third-order valence-electron chi connectivity index (χ3n) is 5.35. The van der Waals surface area contributed by atoms with Gasteiger partial charge < -0.3 is 20.5 Å². The van der Waals surface area contributed by atoms with E-state index >= 15 is 0 Å². The molecule has 2 fully saturated rings. The predicted octanol–water partition coefficient (Wildman–Crippen LogP) is 1.46. The molecule has 1 aromatic carbocycles. The minimum absolute atomic E-state index is 0.0668. The van der Waals surface area contributed by atoms with E-state index in [-0.39, 0.29) is 11.9 Å². The van der Waals surface area contributed by atoms with Crippen LogP contribution in [0.4, 0.5) is 0 Å². The van der Waals surface area contributed by atoms with E-state index in [9.17, 15) is 4.79 Å². The number of likely N-dealkylation sites (tertiary alicyclic amines) is 1. The van der Waals surface area contributed by atoms with Crippen molar-refractivity contribution in [3.8, 4) is 5.75 Å². The molecule has 2 heterocycles. The average Bonchev–Trinajstić information content (AvgIpc) is 3.17. The molecule has 1 amide bonds. The number of ether oxygens (including phenoxy) is 2. The van der Waals surface area contributed by atoms with Crippen molar-refractivity contribution in [1.29, 1.82) is 0 Å². The first kappa shape index (κ1) is 18.2. The van der Waals surface area contributed by atoms with Gasteiger partial charge in [-0.3, -0.25) is 9.69 Å². The summed E-state index contributed by atoms with van der Waals surface area (Å²) in [7, 11) is 1.68. The van der Waals surface area contributed by atoms with Gasteiger partial charge >= 0.3 is 0 Å². The van der Waals surface area contributed by atoms with E-state index in [0.717, 1.165) is 18.8 Å². The third-order valence-corrected chi connectivity index (χ3v) is 5.35. The molecule has 138 valence electrons. The maximum absolute atomic E-state index is 12.7. The molecule has 3 N–H and O–H groups in total. The Morgan fingerprint density at radius 1 is 1.36 bits per heavy atom. The van der Waals surface area contributed by atoms with Crippen molar-refractivity contribution in [2.75, 3.05) is 40.0 Å². The lowest BCUT2D eigenvalue weighted by molar-refractivity contribution is -0.130. The molecule has 6 nitrogen and oxygen atoms in total. The number of methoxy groups -OCH3 is 1. The Bertz CT molecular complexity index is 581. The molecule has 3 rings (SSSR count). The molecule has 1 atom stereocenters. The smallest absolute Gasteiger partial charge is 0.240 e. The third kappa shape index (κ3) is 4.32. The van der Waals surface area contributed by atoms with Crippen LogP contribution < -0.4 is 15.8 Å². The van der Waals surface area contributed by atoms with Gasteiger partial charge in [-0.2, -0.15) is 0 Å². The fourth-order valence-corrected chi connectivity index (χ4v) is 3.69. The van der Waals surface area contributed by atoms with Crippen LogP contribution in [-0.2, 0) is 9.53 Å². The molecule has 0 radical (unpaired) electrons. The molecule has 2 aliphatic rings. The van der Waals surface area contributed by atoms with E-state index in [2.05, 4.69) is 22.3 Å². The molecular formula is C19H29N3O3. The van der Waals surface area contributed by atoms with Gasteiger partial charge in [0, 0.05) is 19.8 Å². The van der Waals surface area contributed by atoms with Crippen LogP contribution in [0.2, 0.25) is 0 Å². The maximum atomic E-state index is 12.7. The van der Waals surface area contributed by atoms with Crippen molar-refractivity contribution in [3.63, 3.8) is 0 Å². The number of nitrogens with two attached hydrogens (primary N) is 1. The van der Waals surface area contributed by atoms with Crippen molar-refractivity contribution in [2.24, 2.45) is 5.73 Å². The van der Waals surface area contributed by atoms with Crippen molar-refractivity contribution in [1.82, 2.24) is 10.2 Å². The standard InChI is InChI=1S/C19H29N3O3/c1-24-16-6-4-5-15(13-16)17(22-9-2-3-10-22)14-21-18(23)19(20)7-11-25-12-8-19/h4-6,13,17H,2-3,7-12,14,20H2,1H3,(H,21,23). The van der Waals surface area contributed by atoms with E-state index in [1.807, 2.05) is 12.1 Å². The highest BCUT2D eigenvalue weighted by Gasteiger charge is 2.36. The summed E-state index contributed by atoms with van der Waals surface area (Å²) in [4.78, 5) is 15.1. The van der Waals surface area contributed by atoms with E-state index in [1.165, 1.54) is 18.4 Å². The molecule has 0 bridgehead atoms. The monoisotopic (exact) mass is 347 g/mol. The molecule has 2 saturated heterocycles. The zero-order valence-electron chi connectivity index (χ0n) is 15.0. The lowest BCUT2D eigenvalue weighted by Crippen LogP contribution is -2.57. The Morgan fingerprint density at radius 2 is 2.08 bits per heavy atom. The van der Waals surface area contributed by atoms with Crippen LogP contribution in [0.25, 0.3) is 0 Å². The first-order chi connectivity index (χ1) is 12.1. The zero-order valence-corrected chi connectivity index (χ0v) is 15.0. The topological polar surface area (TPSA) is 76.8 Å². The number of carbonyl (C=O) groups excluding carboxylic acids is 1. The van der Waals surface area contributed by atoms with Gasteiger partial charge in [0.05, 0.1) is 18.7 Å². The summed E-state index contributed by atoms with van der Waals surface area (Å²) < 4.78 is 10.7. The summed E-state index contributed by atoms with van der Waals surface area (Å²) in [5, 5.41) is 3.10. The average molecular weight is 347 g/mol. The SMILES string of the molecule is COc1cccc(C(CNC(=O)C2(N)CCOCC2)N2CCCC2)c1. The Morgan fingerprint density at radius 3 is 2.76 bits per heavy atom. The number of rotatable bonds is 6. The Hall–Kier alpha value is -1.63. The Balaban J connectivity index is 1.70. The van der Waals surface area contributed by atoms with Crippen molar-refractivity contribution < 1.29 is 14.3 Å². The highest BCUT2D eigenvalue weighted by molar-refractivity contribution is 5.86.